The Kier molecular flexibility index (Phi) is 7.24. The first kappa shape index (κ1) is 20.9. The van der Waals surface area contributed by atoms with Crippen molar-refractivity contribution in [2.45, 2.75) is 38.5 Å². The third-order valence-electron chi connectivity index (χ3n) is 4.56. The van der Waals surface area contributed by atoms with Crippen LogP contribution in [0.15, 0.2) is 24.3 Å². The lowest BCUT2D eigenvalue weighted by atomic mass is 10.0. The number of benzene rings is 1. The van der Waals surface area contributed by atoms with Crippen molar-refractivity contribution >= 4 is 34.4 Å². The van der Waals surface area contributed by atoms with Crippen LogP contribution in [0.25, 0.3) is 6.08 Å². The number of hydrogen-bond acceptors (Lipinski definition) is 6. The summed E-state index contributed by atoms with van der Waals surface area (Å²) in [5.74, 6) is 0.0594. The van der Waals surface area contributed by atoms with Crippen molar-refractivity contribution in [2.24, 2.45) is 5.73 Å². The van der Waals surface area contributed by atoms with Crippen LogP contribution in [-0.4, -0.2) is 30.5 Å². The van der Waals surface area contributed by atoms with Gasteiger partial charge in [-0.05, 0) is 49.5 Å². The maximum Gasteiger partial charge on any atom is 0.255 e. The summed E-state index contributed by atoms with van der Waals surface area (Å²) in [7, 11) is 1.50. The van der Waals surface area contributed by atoms with Gasteiger partial charge in [-0.3, -0.25) is 14.9 Å². The van der Waals surface area contributed by atoms with Crippen LogP contribution in [0.3, 0.4) is 0 Å². The van der Waals surface area contributed by atoms with E-state index in [-0.39, 0.29) is 12.5 Å². The van der Waals surface area contributed by atoms with Gasteiger partial charge in [-0.25, -0.2) is 4.98 Å². The van der Waals surface area contributed by atoms with E-state index in [1.54, 1.807) is 35.6 Å². The smallest absolute Gasteiger partial charge is 0.255 e. The molecule has 0 saturated heterocycles. The van der Waals surface area contributed by atoms with Crippen LogP contribution >= 0.6 is 11.3 Å². The van der Waals surface area contributed by atoms with Crippen LogP contribution in [-0.2, 0) is 22.4 Å². The maximum absolute atomic E-state index is 12.3. The van der Waals surface area contributed by atoms with Gasteiger partial charge in [0.1, 0.15) is 0 Å². The van der Waals surface area contributed by atoms with Crippen molar-refractivity contribution in [2.75, 3.05) is 19.0 Å². The van der Waals surface area contributed by atoms with Crippen LogP contribution in [0.5, 0.6) is 11.5 Å². The fraction of sp³-hybridized carbons (Fsp3) is 0.381. The standard InChI is InChI=1S/C21H25N3O4S/c1-27-17-12-14(8-10-16(17)28-13-19(22)25)9-11-20(26)24-21-23-15-6-4-2-3-5-7-18(15)29-21/h8-12H,2-7,13H2,1H3,(H2,22,25)(H,23,24,26)/b11-9+. The molecule has 2 aromatic rings. The highest BCUT2D eigenvalue weighted by Gasteiger charge is 2.14. The molecule has 0 spiro atoms. The first-order valence-electron chi connectivity index (χ1n) is 9.62. The molecule has 0 unspecified atom stereocenters. The first-order valence-corrected chi connectivity index (χ1v) is 10.4. The topological polar surface area (TPSA) is 104 Å². The number of ether oxygens (including phenoxy) is 2. The molecule has 154 valence electrons. The molecule has 1 aliphatic carbocycles. The number of rotatable bonds is 7. The van der Waals surface area contributed by atoms with E-state index in [0.717, 1.165) is 30.5 Å². The molecular formula is C21H25N3O4S. The Hall–Kier alpha value is -2.87. The predicted octanol–water partition coefficient (Wildman–Crippen LogP) is 3.33. The highest BCUT2D eigenvalue weighted by Crippen LogP contribution is 2.29. The minimum atomic E-state index is -0.567. The SMILES string of the molecule is COc1cc(/C=C/C(=O)Nc2nc3c(s2)CCCCCC3)ccc1OCC(N)=O. The van der Waals surface area contributed by atoms with E-state index in [1.165, 1.54) is 37.3 Å². The Morgan fingerprint density at radius 2 is 2.00 bits per heavy atom. The van der Waals surface area contributed by atoms with Gasteiger partial charge in [0.15, 0.2) is 23.2 Å². The second-order valence-electron chi connectivity index (χ2n) is 6.79. The molecule has 0 fully saturated rings. The number of aryl methyl sites for hydroxylation is 2. The minimum Gasteiger partial charge on any atom is -0.493 e. The van der Waals surface area contributed by atoms with Crippen LogP contribution in [0.4, 0.5) is 5.13 Å². The van der Waals surface area contributed by atoms with Crippen molar-refractivity contribution in [1.82, 2.24) is 4.98 Å². The molecule has 1 heterocycles. The number of nitrogens with zero attached hydrogens (tertiary/aromatic N) is 1. The maximum atomic E-state index is 12.3. The van der Waals surface area contributed by atoms with Gasteiger partial charge >= 0.3 is 0 Å². The summed E-state index contributed by atoms with van der Waals surface area (Å²) in [4.78, 5) is 29.0. The second-order valence-corrected chi connectivity index (χ2v) is 7.87. The molecular weight excluding hydrogens is 390 g/mol. The zero-order valence-corrected chi connectivity index (χ0v) is 17.2. The van der Waals surface area contributed by atoms with E-state index in [2.05, 4.69) is 10.3 Å². The molecule has 1 aromatic heterocycles. The van der Waals surface area contributed by atoms with Gasteiger partial charge in [-0.15, -0.1) is 11.3 Å². The average Bonchev–Trinajstić information content (AvgIpc) is 3.05. The van der Waals surface area contributed by atoms with Crippen molar-refractivity contribution in [3.63, 3.8) is 0 Å². The zero-order valence-electron chi connectivity index (χ0n) is 16.4. The summed E-state index contributed by atoms with van der Waals surface area (Å²) in [6.45, 7) is -0.230. The molecule has 0 radical (unpaired) electrons. The third kappa shape index (κ3) is 6.05. The number of primary amides is 1. The number of aromatic nitrogens is 1. The van der Waals surface area contributed by atoms with Crippen LogP contribution in [0.2, 0.25) is 0 Å². The van der Waals surface area contributed by atoms with Crippen LogP contribution in [0, 0.1) is 0 Å². The summed E-state index contributed by atoms with van der Waals surface area (Å²) in [6.07, 6.45) is 10.0. The zero-order chi connectivity index (χ0) is 20.6. The quantitative estimate of drug-likeness (QED) is 0.675. The molecule has 1 aromatic carbocycles. The largest absolute Gasteiger partial charge is 0.493 e. The van der Waals surface area contributed by atoms with E-state index >= 15 is 0 Å². The number of fused-ring (bicyclic) bond motifs is 1. The van der Waals surface area contributed by atoms with Crippen molar-refractivity contribution < 1.29 is 19.1 Å². The monoisotopic (exact) mass is 415 g/mol. The summed E-state index contributed by atoms with van der Waals surface area (Å²) < 4.78 is 10.6. The lowest BCUT2D eigenvalue weighted by molar-refractivity contribution is -0.120. The van der Waals surface area contributed by atoms with Crippen molar-refractivity contribution in [3.05, 3.63) is 40.4 Å². The molecule has 3 N–H and O–H groups in total. The highest BCUT2D eigenvalue weighted by atomic mass is 32.1. The molecule has 0 atom stereocenters. The van der Waals surface area contributed by atoms with Crippen molar-refractivity contribution in [1.29, 1.82) is 0 Å². The summed E-state index contributed by atoms with van der Waals surface area (Å²) in [6, 6.07) is 5.15. The number of nitrogens with two attached hydrogens (primary N) is 1. The number of carbonyl (C=O) groups is 2. The number of carbonyl (C=O) groups excluding carboxylic acids is 2. The first-order chi connectivity index (χ1) is 14.0. The van der Waals surface area contributed by atoms with Gasteiger partial charge in [0.2, 0.25) is 5.91 Å². The number of methoxy groups -OCH3 is 1. The Balaban J connectivity index is 1.63. The molecule has 0 aliphatic heterocycles. The number of nitrogens with one attached hydrogen (secondary N) is 1. The molecule has 29 heavy (non-hydrogen) atoms. The lowest BCUT2D eigenvalue weighted by Gasteiger charge is -2.09. The minimum absolute atomic E-state index is 0.230. The fourth-order valence-electron chi connectivity index (χ4n) is 3.13. The van der Waals surface area contributed by atoms with E-state index < -0.39 is 5.91 Å². The van der Waals surface area contributed by atoms with Crippen LogP contribution < -0.4 is 20.5 Å². The van der Waals surface area contributed by atoms with Crippen molar-refractivity contribution in [3.8, 4) is 11.5 Å². The number of thiazole rings is 1. The Morgan fingerprint density at radius 3 is 2.76 bits per heavy atom. The molecule has 7 nitrogen and oxygen atoms in total. The molecule has 0 bridgehead atoms. The summed E-state index contributed by atoms with van der Waals surface area (Å²) in [5, 5.41) is 3.51. The molecule has 0 saturated carbocycles. The van der Waals surface area contributed by atoms with Gasteiger partial charge in [0.05, 0.1) is 12.8 Å². The third-order valence-corrected chi connectivity index (χ3v) is 5.63. The number of hydrogen-bond donors (Lipinski definition) is 2. The summed E-state index contributed by atoms with van der Waals surface area (Å²) in [5.41, 5.74) is 6.98. The van der Waals surface area contributed by atoms with Gasteiger partial charge in [0.25, 0.3) is 5.91 Å². The average molecular weight is 416 g/mol. The van der Waals surface area contributed by atoms with E-state index in [1.807, 2.05) is 0 Å². The molecule has 1 aliphatic rings. The molecule has 8 heteroatoms. The second kappa shape index (κ2) is 10.1. The Bertz CT molecular complexity index is 882. The Morgan fingerprint density at radius 1 is 1.21 bits per heavy atom. The normalized spacial score (nSPS) is 14.0. The van der Waals surface area contributed by atoms with Crippen LogP contribution in [0.1, 0.15) is 41.8 Å². The molecule has 2 amide bonds. The Labute approximate surface area is 173 Å². The summed E-state index contributed by atoms with van der Waals surface area (Å²) >= 11 is 1.57. The fourth-order valence-corrected chi connectivity index (χ4v) is 4.19. The van der Waals surface area contributed by atoms with E-state index in [0.29, 0.717) is 16.6 Å². The lowest BCUT2D eigenvalue weighted by Crippen LogP contribution is -2.20. The van der Waals surface area contributed by atoms with Gasteiger partial charge in [-0.2, -0.15) is 0 Å². The molecule has 3 rings (SSSR count). The van der Waals surface area contributed by atoms with Gasteiger partial charge < -0.3 is 15.2 Å². The number of amides is 2. The van der Waals surface area contributed by atoms with E-state index in [9.17, 15) is 9.59 Å². The van der Waals surface area contributed by atoms with E-state index in [4.69, 9.17) is 15.2 Å². The highest BCUT2D eigenvalue weighted by molar-refractivity contribution is 7.15. The number of anilines is 1. The predicted molar refractivity (Wildman–Crippen MR) is 113 cm³/mol. The van der Waals surface area contributed by atoms with Gasteiger partial charge in [0, 0.05) is 11.0 Å². The van der Waals surface area contributed by atoms with Gasteiger partial charge in [-0.1, -0.05) is 18.9 Å².